The van der Waals surface area contributed by atoms with E-state index in [4.69, 9.17) is 21.1 Å². The summed E-state index contributed by atoms with van der Waals surface area (Å²) in [6.45, 7) is 5.92. The van der Waals surface area contributed by atoms with Crippen LogP contribution in [-0.4, -0.2) is 18.2 Å². The van der Waals surface area contributed by atoms with Crippen molar-refractivity contribution in [2.24, 2.45) is 0 Å². The summed E-state index contributed by atoms with van der Waals surface area (Å²) in [6, 6.07) is 12.6. The van der Waals surface area contributed by atoms with Gasteiger partial charge in [-0.15, -0.1) is 0 Å². The van der Waals surface area contributed by atoms with Crippen LogP contribution in [0.15, 0.2) is 42.5 Å². The van der Waals surface area contributed by atoms with E-state index in [1.807, 2.05) is 45.0 Å². The number of carbonyl (C=O) groups excluding carboxylic acids is 1. The molecule has 1 unspecified atom stereocenters. The van der Waals surface area contributed by atoms with E-state index < -0.39 is 0 Å². The molecule has 2 aromatic carbocycles. The maximum atomic E-state index is 12.5. The van der Waals surface area contributed by atoms with Gasteiger partial charge in [0.25, 0.3) is 0 Å². The van der Waals surface area contributed by atoms with Crippen LogP contribution in [0.3, 0.4) is 0 Å². The number of benzene rings is 2. The van der Waals surface area contributed by atoms with Crippen molar-refractivity contribution in [1.29, 1.82) is 0 Å². The molecule has 0 aliphatic carbocycles. The van der Waals surface area contributed by atoms with Crippen molar-refractivity contribution >= 4 is 31.0 Å². The number of hydrogen-bond acceptors (Lipinski definition) is 3. The van der Waals surface area contributed by atoms with E-state index in [1.165, 1.54) is 0 Å². The van der Waals surface area contributed by atoms with Gasteiger partial charge < -0.3 is 10.9 Å². The Morgan fingerprint density at radius 1 is 1.17 bits per heavy atom. The van der Waals surface area contributed by atoms with E-state index in [1.54, 1.807) is 25.3 Å². The zero-order valence-electron chi connectivity index (χ0n) is 15.6. The summed E-state index contributed by atoms with van der Waals surface area (Å²) in [5, 5.41) is 1.33. The Bertz CT molecular complexity index is 720. The summed E-state index contributed by atoms with van der Waals surface area (Å²) in [4.78, 5) is 12.5. The molecule has 0 heterocycles. The standard InChI is InChI=1S/C18H20ClO3P.Li.H/c1-18(2,3)22-12-9-10-16(14(19)11-12)23-17(20)13-7-5-6-8-15(13)21-4;;/h5-11,23H,1-4H3;;/q;+1;-1. The second-order valence-electron chi connectivity index (χ2n) is 6.01. The zero-order chi connectivity index (χ0) is 17.0. The van der Waals surface area contributed by atoms with Gasteiger partial charge in [0.1, 0.15) is 17.1 Å². The first-order chi connectivity index (χ1) is 10.8. The van der Waals surface area contributed by atoms with E-state index in [0.717, 1.165) is 5.30 Å². The van der Waals surface area contributed by atoms with E-state index in [-0.39, 0.29) is 40.0 Å². The predicted octanol–water partition coefficient (Wildman–Crippen LogP) is 1.79. The Kier molecular flexibility index (Phi) is 7.84. The molecule has 0 saturated carbocycles. The fourth-order valence-corrected chi connectivity index (χ4v) is 3.29. The number of ether oxygens (including phenoxy) is 2. The van der Waals surface area contributed by atoms with Gasteiger partial charge >= 0.3 is 18.9 Å². The first-order valence-corrected chi connectivity index (χ1v) is 8.61. The molecule has 24 heavy (non-hydrogen) atoms. The van der Waals surface area contributed by atoms with Gasteiger partial charge in [-0.05, 0) is 65.0 Å². The van der Waals surface area contributed by atoms with Crippen LogP contribution in [0.1, 0.15) is 32.6 Å². The molecule has 0 fully saturated rings. The van der Waals surface area contributed by atoms with Crippen LogP contribution in [0, 0.1) is 0 Å². The van der Waals surface area contributed by atoms with Gasteiger partial charge in [-0.25, -0.2) is 0 Å². The molecule has 0 spiro atoms. The summed E-state index contributed by atoms with van der Waals surface area (Å²) in [6.07, 6.45) is 0. The Morgan fingerprint density at radius 2 is 1.83 bits per heavy atom. The first kappa shape index (κ1) is 21.1. The third kappa shape index (κ3) is 5.83. The Labute approximate surface area is 163 Å². The van der Waals surface area contributed by atoms with Crippen molar-refractivity contribution in [2.75, 3.05) is 7.11 Å². The largest absolute Gasteiger partial charge is 1.00 e. The molecule has 2 aromatic rings. The van der Waals surface area contributed by atoms with Crippen LogP contribution in [0.4, 0.5) is 0 Å². The Balaban J connectivity index is 0.00000288. The quantitative estimate of drug-likeness (QED) is 0.604. The molecule has 6 heteroatoms. The molecule has 3 nitrogen and oxygen atoms in total. The van der Waals surface area contributed by atoms with E-state index in [2.05, 4.69) is 0 Å². The monoisotopic (exact) mass is 358 g/mol. The zero-order valence-corrected chi connectivity index (χ0v) is 16.4. The average molecular weight is 359 g/mol. The maximum absolute atomic E-state index is 12.5. The number of para-hydroxylation sites is 1. The van der Waals surface area contributed by atoms with Crippen LogP contribution in [0.25, 0.3) is 0 Å². The Hall–Kier alpha value is -0.973. The second kappa shape index (κ2) is 8.93. The minimum absolute atomic E-state index is 0. The fourth-order valence-electron chi connectivity index (χ4n) is 2.04. The third-order valence-electron chi connectivity index (χ3n) is 2.96. The van der Waals surface area contributed by atoms with Gasteiger partial charge in [-0.1, -0.05) is 23.7 Å². The fraction of sp³-hybridized carbons (Fsp3) is 0.278. The number of methoxy groups -OCH3 is 1. The second-order valence-corrected chi connectivity index (χ2v) is 7.66. The molecule has 124 valence electrons. The molecule has 0 N–H and O–H groups in total. The van der Waals surface area contributed by atoms with Gasteiger partial charge in [0.05, 0.1) is 17.7 Å². The topological polar surface area (TPSA) is 35.5 Å². The van der Waals surface area contributed by atoms with Crippen molar-refractivity contribution in [2.45, 2.75) is 26.4 Å². The smallest absolute Gasteiger partial charge is 1.00 e. The Morgan fingerprint density at radius 3 is 2.42 bits per heavy atom. The minimum Gasteiger partial charge on any atom is -1.00 e. The van der Waals surface area contributed by atoms with E-state index >= 15 is 0 Å². The predicted molar refractivity (Wildman–Crippen MR) is 98.2 cm³/mol. The number of hydrogen-bond donors (Lipinski definition) is 0. The molecule has 0 saturated heterocycles. The summed E-state index contributed by atoms with van der Waals surface area (Å²) in [5.41, 5.74) is 0.272. The number of halogens is 1. The van der Waals surface area contributed by atoms with Gasteiger partial charge in [-0.2, -0.15) is 0 Å². The average Bonchev–Trinajstić information content (AvgIpc) is 2.48. The minimum atomic E-state index is -0.291. The third-order valence-corrected chi connectivity index (χ3v) is 4.64. The summed E-state index contributed by atoms with van der Waals surface area (Å²) >= 11 is 6.31. The molecule has 0 aliphatic rings. The van der Waals surface area contributed by atoms with Crippen molar-refractivity contribution in [3.05, 3.63) is 53.1 Å². The van der Waals surface area contributed by atoms with Gasteiger partial charge in [0.15, 0.2) is 5.52 Å². The van der Waals surface area contributed by atoms with Crippen molar-refractivity contribution in [3.63, 3.8) is 0 Å². The number of rotatable bonds is 5. The number of carbonyl (C=O) groups is 1. The maximum Gasteiger partial charge on any atom is 1.00 e. The summed E-state index contributed by atoms with van der Waals surface area (Å²) < 4.78 is 11.0. The first-order valence-electron chi connectivity index (χ1n) is 7.23. The normalized spacial score (nSPS) is 11.2. The molecule has 0 amide bonds. The van der Waals surface area contributed by atoms with Gasteiger partial charge in [-0.3, -0.25) is 4.79 Å². The van der Waals surface area contributed by atoms with Crippen molar-refractivity contribution in [1.82, 2.24) is 0 Å². The van der Waals surface area contributed by atoms with Crippen LogP contribution in [0.5, 0.6) is 11.5 Å². The van der Waals surface area contributed by atoms with Crippen molar-refractivity contribution in [3.8, 4) is 11.5 Å². The molecular formula is C18H21ClLiO3P. The van der Waals surface area contributed by atoms with Crippen LogP contribution >= 0.6 is 20.2 Å². The van der Waals surface area contributed by atoms with E-state index in [0.29, 0.717) is 22.1 Å². The van der Waals surface area contributed by atoms with Gasteiger partial charge in [0, 0.05) is 0 Å². The molecule has 0 aliphatic heterocycles. The SMILES string of the molecule is COc1ccccc1C(=O)Pc1ccc(OC(C)(C)C)cc1Cl.[H-].[Li+]. The molecular weight excluding hydrogens is 338 g/mol. The molecule has 1 atom stereocenters. The molecule has 0 bridgehead atoms. The van der Waals surface area contributed by atoms with Crippen molar-refractivity contribution < 1.29 is 34.6 Å². The molecule has 2 rings (SSSR count). The van der Waals surface area contributed by atoms with E-state index in [9.17, 15) is 4.79 Å². The van der Waals surface area contributed by atoms with Crippen LogP contribution in [-0.2, 0) is 0 Å². The summed E-state index contributed by atoms with van der Waals surface area (Å²) in [5.74, 6) is 1.27. The van der Waals surface area contributed by atoms with Crippen LogP contribution in [0.2, 0.25) is 5.02 Å². The molecule has 0 aromatic heterocycles. The van der Waals surface area contributed by atoms with Crippen LogP contribution < -0.4 is 33.6 Å². The summed E-state index contributed by atoms with van der Waals surface area (Å²) in [7, 11) is 1.49. The van der Waals surface area contributed by atoms with Gasteiger partial charge in [0.2, 0.25) is 0 Å². The molecule has 0 radical (unpaired) electrons.